The molecule has 0 aromatic rings. The Labute approximate surface area is 105 Å². The first-order valence-electron chi connectivity index (χ1n) is 6.81. The van der Waals surface area contributed by atoms with Gasteiger partial charge in [-0.3, -0.25) is 0 Å². The van der Waals surface area contributed by atoms with Gasteiger partial charge in [0.25, 0.3) is 0 Å². The zero-order valence-electron chi connectivity index (χ0n) is 10.9. The van der Waals surface area contributed by atoms with Crippen molar-refractivity contribution in [3.63, 3.8) is 0 Å². The van der Waals surface area contributed by atoms with Gasteiger partial charge in [-0.15, -0.1) is 0 Å². The first kappa shape index (κ1) is 15.5. The van der Waals surface area contributed by atoms with E-state index in [0.29, 0.717) is 4.32 Å². The summed E-state index contributed by atoms with van der Waals surface area (Å²) in [5.74, 6) is 0. The van der Waals surface area contributed by atoms with E-state index in [-0.39, 0.29) is 0 Å². The second-order valence-electron chi connectivity index (χ2n) is 5.03. The van der Waals surface area contributed by atoms with Gasteiger partial charge in [0, 0.05) is 4.32 Å². The van der Waals surface area contributed by atoms with Crippen LogP contribution in [0.2, 0.25) is 0 Å². The Morgan fingerprint density at radius 1 is 0.733 bits per heavy atom. The van der Waals surface area contributed by atoms with Crippen molar-refractivity contribution in [3.05, 3.63) is 0 Å². The van der Waals surface area contributed by atoms with Crippen molar-refractivity contribution in [2.24, 2.45) is 0 Å². The van der Waals surface area contributed by atoms with Crippen LogP contribution in [0.15, 0.2) is 0 Å². The molecular weight excluding hydrogens is 248 g/mol. The lowest BCUT2D eigenvalue weighted by molar-refractivity contribution is 0.483. The lowest BCUT2D eigenvalue weighted by atomic mass is 9.96. The molecule has 15 heavy (non-hydrogen) atoms. The van der Waals surface area contributed by atoms with Gasteiger partial charge in [-0.2, -0.15) is 0 Å². The van der Waals surface area contributed by atoms with Crippen LogP contribution in [0.1, 0.15) is 85.0 Å². The highest BCUT2D eigenvalue weighted by atomic mass is 79.9. The fourth-order valence-corrected chi connectivity index (χ4v) is 2.53. The lowest BCUT2D eigenvalue weighted by Gasteiger charge is -2.22. The van der Waals surface area contributed by atoms with E-state index in [1.54, 1.807) is 0 Å². The van der Waals surface area contributed by atoms with Crippen molar-refractivity contribution in [2.45, 2.75) is 89.3 Å². The summed E-state index contributed by atoms with van der Waals surface area (Å²) in [4.78, 5) is 0. The van der Waals surface area contributed by atoms with Crippen LogP contribution in [0.3, 0.4) is 0 Å². The summed E-state index contributed by atoms with van der Waals surface area (Å²) in [5.41, 5.74) is 0. The van der Waals surface area contributed by atoms with Crippen LogP contribution in [-0.4, -0.2) is 4.32 Å². The molecule has 0 spiro atoms. The summed E-state index contributed by atoms with van der Waals surface area (Å²) < 4.78 is 0.411. The van der Waals surface area contributed by atoms with Gasteiger partial charge in [-0.25, -0.2) is 0 Å². The van der Waals surface area contributed by atoms with Gasteiger partial charge in [-0.05, 0) is 19.8 Å². The normalized spacial score (nSPS) is 15.2. The number of alkyl halides is 1. The molecule has 1 atom stereocenters. The molecule has 0 aliphatic rings. The molecule has 1 heteroatoms. The van der Waals surface area contributed by atoms with Crippen LogP contribution in [0.25, 0.3) is 0 Å². The molecule has 0 aromatic carbocycles. The number of hydrogen-bond acceptors (Lipinski definition) is 0. The van der Waals surface area contributed by atoms with E-state index in [1.165, 1.54) is 64.2 Å². The van der Waals surface area contributed by atoms with E-state index >= 15 is 0 Å². The summed E-state index contributed by atoms with van der Waals surface area (Å²) in [6.07, 6.45) is 13.8. The van der Waals surface area contributed by atoms with E-state index in [0.717, 1.165) is 0 Å². The van der Waals surface area contributed by atoms with Crippen LogP contribution in [-0.2, 0) is 0 Å². The van der Waals surface area contributed by atoms with Gasteiger partial charge in [0.1, 0.15) is 0 Å². The summed E-state index contributed by atoms with van der Waals surface area (Å²) in [5, 5.41) is 0. The van der Waals surface area contributed by atoms with E-state index < -0.39 is 0 Å². The first-order chi connectivity index (χ1) is 7.12. The zero-order valence-corrected chi connectivity index (χ0v) is 12.5. The second kappa shape index (κ2) is 9.69. The third-order valence-electron chi connectivity index (χ3n) is 3.10. The molecule has 0 saturated heterocycles. The second-order valence-corrected chi connectivity index (χ2v) is 6.95. The zero-order chi connectivity index (χ0) is 11.6. The van der Waals surface area contributed by atoms with Crippen LogP contribution < -0.4 is 0 Å². The first-order valence-corrected chi connectivity index (χ1v) is 7.60. The predicted octanol–water partition coefficient (Wildman–Crippen LogP) is 6.08. The molecule has 0 radical (unpaired) electrons. The van der Waals surface area contributed by atoms with Crippen LogP contribution >= 0.6 is 15.9 Å². The van der Waals surface area contributed by atoms with Gasteiger partial charge in [-0.1, -0.05) is 81.1 Å². The molecule has 0 nitrogen and oxygen atoms in total. The molecule has 0 N–H and O–H groups in total. The summed E-state index contributed by atoms with van der Waals surface area (Å²) in [6.45, 7) is 6.91. The van der Waals surface area contributed by atoms with E-state index in [4.69, 9.17) is 0 Å². The average molecular weight is 277 g/mol. The predicted molar refractivity (Wildman–Crippen MR) is 74.9 cm³/mol. The van der Waals surface area contributed by atoms with Gasteiger partial charge < -0.3 is 0 Å². The molecule has 0 bridgehead atoms. The quantitative estimate of drug-likeness (QED) is 0.335. The van der Waals surface area contributed by atoms with E-state index in [1.807, 2.05) is 0 Å². The van der Waals surface area contributed by atoms with Crippen molar-refractivity contribution < 1.29 is 0 Å². The average Bonchev–Trinajstić information content (AvgIpc) is 2.17. The Hall–Kier alpha value is 0.480. The minimum atomic E-state index is 0.411. The largest absolute Gasteiger partial charge is 0.0856 e. The Morgan fingerprint density at radius 3 is 1.67 bits per heavy atom. The fourth-order valence-electron chi connectivity index (χ4n) is 1.97. The lowest BCUT2D eigenvalue weighted by Crippen LogP contribution is -2.15. The van der Waals surface area contributed by atoms with Crippen molar-refractivity contribution in [1.29, 1.82) is 0 Å². The molecule has 0 saturated carbocycles. The summed E-state index contributed by atoms with van der Waals surface area (Å²) >= 11 is 3.88. The molecule has 0 fully saturated rings. The third-order valence-corrected chi connectivity index (χ3v) is 3.90. The fraction of sp³-hybridized carbons (Fsp3) is 1.00. The highest BCUT2D eigenvalue weighted by Crippen LogP contribution is 2.30. The van der Waals surface area contributed by atoms with Crippen LogP contribution in [0, 0.1) is 0 Å². The smallest absolute Gasteiger partial charge is 0.0229 e. The Balaban J connectivity index is 3.38. The van der Waals surface area contributed by atoms with Crippen molar-refractivity contribution >= 4 is 15.9 Å². The SMILES string of the molecule is CCCCCCCC(C)(Br)CCCCC. The Morgan fingerprint density at radius 2 is 1.13 bits per heavy atom. The molecule has 0 aromatic heterocycles. The van der Waals surface area contributed by atoms with E-state index in [2.05, 4.69) is 36.7 Å². The van der Waals surface area contributed by atoms with Crippen LogP contribution in [0.5, 0.6) is 0 Å². The minimum Gasteiger partial charge on any atom is -0.0856 e. The number of halogens is 1. The molecule has 1 unspecified atom stereocenters. The standard InChI is InChI=1S/C14H29Br/c1-4-6-8-9-11-13-14(3,15)12-10-7-5-2/h4-13H2,1-3H3. The van der Waals surface area contributed by atoms with Crippen LogP contribution in [0.4, 0.5) is 0 Å². The van der Waals surface area contributed by atoms with E-state index in [9.17, 15) is 0 Å². The third kappa shape index (κ3) is 10.8. The molecule has 0 aliphatic heterocycles. The molecule has 0 aliphatic carbocycles. The molecule has 0 amide bonds. The molecule has 0 heterocycles. The van der Waals surface area contributed by atoms with Gasteiger partial charge in [0.05, 0.1) is 0 Å². The monoisotopic (exact) mass is 276 g/mol. The summed E-state index contributed by atoms with van der Waals surface area (Å²) in [7, 11) is 0. The van der Waals surface area contributed by atoms with Crippen molar-refractivity contribution in [3.8, 4) is 0 Å². The maximum atomic E-state index is 3.88. The molecular formula is C14H29Br. The van der Waals surface area contributed by atoms with Gasteiger partial charge in [0.15, 0.2) is 0 Å². The maximum Gasteiger partial charge on any atom is 0.0229 e. The van der Waals surface area contributed by atoms with Gasteiger partial charge >= 0.3 is 0 Å². The minimum absolute atomic E-state index is 0.411. The molecule has 0 rings (SSSR count). The van der Waals surface area contributed by atoms with Crippen molar-refractivity contribution in [2.75, 3.05) is 0 Å². The topological polar surface area (TPSA) is 0 Å². The highest BCUT2D eigenvalue weighted by Gasteiger charge is 2.18. The maximum absolute atomic E-state index is 3.88. The number of rotatable bonds is 10. The number of unbranched alkanes of at least 4 members (excludes halogenated alkanes) is 6. The number of hydrogen-bond donors (Lipinski definition) is 0. The Bertz CT molecular complexity index is 129. The van der Waals surface area contributed by atoms with Crippen molar-refractivity contribution in [1.82, 2.24) is 0 Å². The summed E-state index contributed by atoms with van der Waals surface area (Å²) in [6, 6.07) is 0. The molecule has 92 valence electrons. The highest BCUT2D eigenvalue weighted by molar-refractivity contribution is 9.10. The Kier molecular flexibility index (Phi) is 10.00. The van der Waals surface area contributed by atoms with Gasteiger partial charge in [0.2, 0.25) is 0 Å².